The Kier molecular flexibility index (Phi) is 2.53. The second-order valence-corrected chi connectivity index (χ2v) is 2.28. The maximum Gasteiger partial charge on any atom is 0.161 e. The third-order valence-corrected chi connectivity index (χ3v) is 1.25. The number of para-hydroxylation sites is 2. The number of rotatable bonds is 3. The van der Waals surface area contributed by atoms with Gasteiger partial charge < -0.3 is 15.6 Å². The molecule has 0 atom stereocenters. The van der Waals surface area contributed by atoms with E-state index in [-0.39, 0.29) is 18.2 Å². The van der Waals surface area contributed by atoms with Gasteiger partial charge in [0.05, 0.1) is 0 Å². The van der Waals surface area contributed by atoms with Crippen LogP contribution in [0.3, 0.4) is 0 Å². The SMILES string of the molecule is N=C(N)COc1ccccc1O. The quantitative estimate of drug-likeness (QED) is 0.457. The van der Waals surface area contributed by atoms with Crippen molar-refractivity contribution < 1.29 is 9.84 Å². The highest BCUT2D eigenvalue weighted by Gasteiger charge is 1.99. The second-order valence-electron chi connectivity index (χ2n) is 2.28. The maximum atomic E-state index is 9.19. The Labute approximate surface area is 70.1 Å². The van der Waals surface area contributed by atoms with E-state index in [4.69, 9.17) is 15.9 Å². The van der Waals surface area contributed by atoms with Gasteiger partial charge in [-0.1, -0.05) is 12.1 Å². The predicted octanol–water partition coefficient (Wildman–Crippen LogP) is 0.707. The zero-order chi connectivity index (χ0) is 8.97. The van der Waals surface area contributed by atoms with Gasteiger partial charge in [0.25, 0.3) is 0 Å². The fourth-order valence-electron chi connectivity index (χ4n) is 0.735. The van der Waals surface area contributed by atoms with E-state index in [1.807, 2.05) is 0 Å². The zero-order valence-electron chi connectivity index (χ0n) is 6.45. The van der Waals surface area contributed by atoms with Gasteiger partial charge in [0.2, 0.25) is 0 Å². The summed E-state index contributed by atoms with van der Waals surface area (Å²) >= 11 is 0. The minimum Gasteiger partial charge on any atom is -0.504 e. The summed E-state index contributed by atoms with van der Waals surface area (Å²) in [6.07, 6.45) is 0. The summed E-state index contributed by atoms with van der Waals surface area (Å²) in [4.78, 5) is 0. The van der Waals surface area contributed by atoms with Crippen LogP contribution in [0.25, 0.3) is 0 Å². The molecule has 1 rings (SSSR count). The Balaban J connectivity index is 2.63. The number of ether oxygens (including phenoxy) is 1. The summed E-state index contributed by atoms with van der Waals surface area (Å²) in [5, 5.41) is 16.1. The first-order valence-electron chi connectivity index (χ1n) is 3.44. The van der Waals surface area contributed by atoms with Crippen LogP contribution in [-0.2, 0) is 0 Å². The van der Waals surface area contributed by atoms with Gasteiger partial charge in [-0.2, -0.15) is 0 Å². The molecule has 0 saturated carbocycles. The molecule has 0 aromatic heterocycles. The first-order chi connectivity index (χ1) is 5.70. The van der Waals surface area contributed by atoms with Crippen LogP contribution in [0.2, 0.25) is 0 Å². The molecule has 0 fully saturated rings. The van der Waals surface area contributed by atoms with Crippen molar-refractivity contribution in [1.29, 1.82) is 5.41 Å². The van der Waals surface area contributed by atoms with Crippen molar-refractivity contribution in [3.8, 4) is 11.5 Å². The van der Waals surface area contributed by atoms with E-state index in [1.165, 1.54) is 6.07 Å². The number of benzene rings is 1. The Morgan fingerprint density at radius 2 is 2.17 bits per heavy atom. The number of amidine groups is 1. The van der Waals surface area contributed by atoms with E-state index in [9.17, 15) is 5.11 Å². The van der Waals surface area contributed by atoms with E-state index >= 15 is 0 Å². The highest BCUT2D eigenvalue weighted by atomic mass is 16.5. The standard InChI is InChI=1S/C8H10N2O2/c9-8(10)5-12-7-4-2-1-3-6(7)11/h1-4,11H,5H2,(H3,9,10). The van der Waals surface area contributed by atoms with Crippen LogP contribution in [0, 0.1) is 5.41 Å². The lowest BCUT2D eigenvalue weighted by Crippen LogP contribution is -2.19. The molecule has 1 aromatic carbocycles. The Hall–Kier alpha value is -1.71. The molecule has 4 heteroatoms. The molecule has 64 valence electrons. The molecule has 4 N–H and O–H groups in total. The third-order valence-electron chi connectivity index (χ3n) is 1.25. The van der Waals surface area contributed by atoms with Crippen LogP contribution in [-0.4, -0.2) is 17.5 Å². The number of hydrogen-bond acceptors (Lipinski definition) is 3. The van der Waals surface area contributed by atoms with E-state index in [2.05, 4.69) is 0 Å². The lowest BCUT2D eigenvalue weighted by atomic mass is 10.3. The summed E-state index contributed by atoms with van der Waals surface area (Å²) in [5.74, 6) is 0.324. The fraction of sp³-hybridized carbons (Fsp3) is 0.125. The second kappa shape index (κ2) is 3.61. The first kappa shape index (κ1) is 8.39. The number of phenolic OH excluding ortho intramolecular Hbond substituents is 1. The largest absolute Gasteiger partial charge is 0.504 e. The van der Waals surface area contributed by atoms with Gasteiger partial charge in [-0.3, -0.25) is 5.41 Å². The highest BCUT2D eigenvalue weighted by Crippen LogP contribution is 2.23. The molecule has 0 spiro atoms. The average molecular weight is 166 g/mol. The van der Waals surface area contributed by atoms with Crippen molar-refractivity contribution in [2.24, 2.45) is 5.73 Å². The van der Waals surface area contributed by atoms with Gasteiger partial charge >= 0.3 is 0 Å². The number of phenols is 1. The zero-order valence-corrected chi connectivity index (χ0v) is 6.45. The Bertz CT molecular complexity index is 286. The number of nitrogens with one attached hydrogen (secondary N) is 1. The van der Waals surface area contributed by atoms with Gasteiger partial charge in [-0.05, 0) is 12.1 Å². The van der Waals surface area contributed by atoms with Gasteiger partial charge in [0.15, 0.2) is 11.5 Å². The van der Waals surface area contributed by atoms with Crippen molar-refractivity contribution >= 4 is 5.84 Å². The summed E-state index contributed by atoms with van der Waals surface area (Å²) < 4.78 is 5.00. The molecule has 0 bridgehead atoms. The van der Waals surface area contributed by atoms with Crippen LogP contribution in [0.1, 0.15) is 0 Å². The molecule has 0 aliphatic rings. The topological polar surface area (TPSA) is 79.3 Å². The lowest BCUT2D eigenvalue weighted by Gasteiger charge is -2.05. The van der Waals surface area contributed by atoms with Gasteiger partial charge in [-0.15, -0.1) is 0 Å². The highest BCUT2D eigenvalue weighted by molar-refractivity contribution is 5.78. The van der Waals surface area contributed by atoms with Crippen molar-refractivity contribution in [1.82, 2.24) is 0 Å². The molecule has 0 aliphatic carbocycles. The van der Waals surface area contributed by atoms with Crippen LogP contribution in [0.5, 0.6) is 11.5 Å². The monoisotopic (exact) mass is 166 g/mol. The van der Waals surface area contributed by atoms with Crippen molar-refractivity contribution in [3.63, 3.8) is 0 Å². The van der Waals surface area contributed by atoms with E-state index < -0.39 is 0 Å². The molecular formula is C8H10N2O2. The molecule has 12 heavy (non-hydrogen) atoms. The minimum absolute atomic E-state index is 0.00241. The Morgan fingerprint density at radius 1 is 1.50 bits per heavy atom. The van der Waals surface area contributed by atoms with Crippen LogP contribution >= 0.6 is 0 Å². The summed E-state index contributed by atoms with van der Waals surface area (Å²) in [7, 11) is 0. The normalized spacial score (nSPS) is 9.33. The summed E-state index contributed by atoms with van der Waals surface area (Å²) in [5.41, 5.74) is 5.07. The number of aromatic hydroxyl groups is 1. The fourth-order valence-corrected chi connectivity index (χ4v) is 0.735. The van der Waals surface area contributed by atoms with E-state index in [0.29, 0.717) is 5.75 Å². The average Bonchev–Trinajstić information content (AvgIpc) is 2.03. The Morgan fingerprint density at radius 3 is 2.75 bits per heavy atom. The minimum atomic E-state index is -0.0711. The number of hydrogen-bond donors (Lipinski definition) is 3. The van der Waals surface area contributed by atoms with E-state index in [1.54, 1.807) is 18.2 Å². The van der Waals surface area contributed by atoms with Crippen molar-refractivity contribution in [2.45, 2.75) is 0 Å². The summed E-state index contributed by atoms with van der Waals surface area (Å²) in [6.45, 7) is -0.00241. The van der Waals surface area contributed by atoms with E-state index in [0.717, 1.165) is 0 Å². The molecular weight excluding hydrogens is 156 g/mol. The lowest BCUT2D eigenvalue weighted by molar-refractivity contribution is 0.345. The van der Waals surface area contributed by atoms with Crippen LogP contribution < -0.4 is 10.5 Å². The van der Waals surface area contributed by atoms with Gasteiger partial charge in [0, 0.05) is 0 Å². The molecule has 4 nitrogen and oxygen atoms in total. The van der Waals surface area contributed by atoms with Gasteiger partial charge in [0.1, 0.15) is 12.4 Å². The number of nitrogens with two attached hydrogens (primary N) is 1. The molecule has 0 aliphatic heterocycles. The summed E-state index contributed by atoms with van der Waals surface area (Å²) in [6, 6.07) is 6.54. The molecule has 1 aromatic rings. The molecule has 0 saturated heterocycles. The molecule has 0 amide bonds. The predicted molar refractivity (Wildman–Crippen MR) is 45.5 cm³/mol. The first-order valence-corrected chi connectivity index (χ1v) is 3.44. The van der Waals surface area contributed by atoms with Crippen LogP contribution in [0.4, 0.5) is 0 Å². The van der Waals surface area contributed by atoms with Crippen molar-refractivity contribution in [2.75, 3.05) is 6.61 Å². The van der Waals surface area contributed by atoms with Crippen molar-refractivity contribution in [3.05, 3.63) is 24.3 Å². The van der Waals surface area contributed by atoms with Crippen LogP contribution in [0.15, 0.2) is 24.3 Å². The molecule has 0 unspecified atom stereocenters. The smallest absolute Gasteiger partial charge is 0.161 e. The maximum absolute atomic E-state index is 9.19. The van der Waals surface area contributed by atoms with Gasteiger partial charge in [-0.25, -0.2) is 0 Å². The molecule has 0 radical (unpaired) electrons. The molecule has 0 heterocycles. The third kappa shape index (κ3) is 2.16.